The Morgan fingerprint density at radius 2 is 1.75 bits per heavy atom. The van der Waals surface area contributed by atoms with Crippen molar-refractivity contribution in [3.63, 3.8) is 0 Å². The summed E-state index contributed by atoms with van der Waals surface area (Å²) in [6.45, 7) is 6.15. The summed E-state index contributed by atoms with van der Waals surface area (Å²) in [5, 5.41) is 10.1. The van der Waals surface area contributed by atoms with Crippen molar-refractivity contribution < 1.29 is 14.3 Å². The normalized spacial score (nSPS) is 18.5. The first kappa shape index (κ1) is 28.8. The number of fused-ring (bicyclic) bond motifs is 1. The number of likely N-dealkylation sites (tertiary alicyclic amines) is 1. The largest absolute Gasteiger partial charge is 0.478 e. The number of carbonyl (C=O) groups is 1. The molecule has 1 aromatic heterocycles. The third-order valence-electron chi connectivity index (χ3n) is 9.27. The number of imidazole rings is 1. The minimum atomic E-state index is -1.04. The van der Waals surface area contributed by atoms with E-state index in [0.717, 1.165) is 48.5 Å². The van der Waals surface area contributed by atoms with Crippen LogP contribution >= 0.6 is 11.6 Å². The van der Waals surface area contributed by atoms with Crippen molar-refractivity contribution in [2.75, 3.05) is 13.1 Å². The van der Waals surface area contributed by atoms with Crippen molar-refractivity contribution in [2.24, 2.45) is 0 Å². The molecular weight excluding hydrogens is 573 g/mol. The molecule has 2 heterocycles. The summed E-state index contributed by atoms with van der Waals surface area (Å²) in [6.07, 6.45) is 11.6. The number of piperidine rings is 1. The third kappa shape index (κ3) is 5.76. The van der Waals surface area contributed by atoms with Gasteiger partial charge in [-0.15, -0.1) is 0 Å². The zero-order chi connectivity index (χ0) is 30.4. The summed E-state index contributed by atoms with van der Waals surface area (Å²) in [5.41, 5.74) is 7.52. The highest BCUT2D eigenvalue weighted by Gasteiger charge is 2.33. The number of halogens is 2. The summed E-state index contributed by atoms with van der Waals surface area (Å²) in [5.74, 6) is 0.352. The van der Waals surface area contributed by atoms with Crippen LogP contribution in [0.3, 0.4) is 0 Å². The molecule has 3 aliphatic rings. The summed E-state index contributed by atoms with van der Waals surface area (Å²) in [6, 6.07) is 19.2. The van der Waals surface area contributed by atoms with Crippen LogP contribution in [0.2, 0.25) is 5.02 Å². The third-order valence-corrected chi connectivity index (χ3v) is 9.53. The number of hydrogen-bond donors (Lipinski definition) is 1. The van der Waals surface area contributed by atoms with Gasteiger partial charge in [-0.25, -0.2) is 14.2 Å². The second-order valence-electron chi connectivity index (χ2n) is 12.4. The van der Waals surface area contributed by atoms with Gasteiger partial charge in [0.25, 0.3) is 0 Å². The van der Waals surface area contributed by atoms with Crippen LogP contribution in [0.1, 0.15) is 82.9 Å². The van der Waals surface area contributed by atoms with Crippen molar-refractivity contribution >= 4 is 28.6 Å². The Kier molecular flexibility index (Phi) is 7.73. The van der Waals surface area contributed by atoms with Gasteiger partial charge in [-0.3, -0.25) is 4.90 Å². The van der Waals surface area contributed by atoms with Gasteiger partial charge >= 0.3 is 5.97 Å². The lowest BCUT2D eigenvalue weighted by Gasteiger charge is -2.34. The molecule has 224 valence electrons. The van der Waals surface area contributed by atoms with Crippen molar-refractivity contribution in [3.05, 3.63) is 136 Å². The Morgan fingerprint density at radius 1 is 1.00 bits per heavy atom. The fourth-order valence-corrected chi connectivity index (χ4v) is 6.90. The number of carboxylic acid groups (broad SMARTS) is 1. The number of carboxylic acids is 1. The first-order valence-electron chi connectivity index (χ1n) is 15.4. The van der Waals surface area contributed by atoms with E-state index in [-0.39, 0.29) is 17.3 Å². The quantitative estimate of drug-likeness (QED) is 0.217. The molecular formula is C37H35ClFN3O2. The lowest BCUT2D eigenvalue weighted by atomic mass is 9.82. The number of aromatic nitrogens is 2. The lowest BCUT2D eigenvalue weighted by molar-refractivity contribution is 0.0696. The predicted octanol–water partition coefficient (Wildman–Crippen LogP) is 8.82. The summed E-state index contributed by atoms with van der Waals surface area (Å²) < 4.78 is 17.1. The second-order valence-corrected chi connectivity index (χ2v) is 12.8. The van der Waals surface area contributed by atoms with Crippen LogP contribution in [0.4, 0.5) is 4.39 Å². The van der Waals surface area contributed by atoms with Crippen LogP contribution in [-0.4, -0.2) is 38.6 Å². The molecule has 2 fully saturated rings. The Balaban J connectivity index is 1.20. The fourth-order valence-electron chi connectivity index (χ4n) is 6.77. The van der Waals surface area contributed by atoms with Crippen LogP contribution in [-0.2, 0) is 6.54 Å². The number of allylic oxidation sites excluding steroid dienone is 5. The molecule has 0 spiro atoms. The van der Waals surface area contributed by atoms with Gasteiger partial charge in [-0.05, 0) is 91.3 Å². The maximum atomic E-state index is 14.6. The SMILES string of the molecule is C=C1C=CC(C(c2ccc(Cl)cc2)c2ccc3nc(C4CC4)n(C4CCN(Cc5cc(C(=O)O)ccc5F)CC4)c3c2)=CC1. The van der Waals surface area contributed by atoms with E-state index in [1.165, 1.54) is 59.1 Å². The van der Waals surface area contributed by atoms with Crippen molar-refractivity contribution in [1.29, 1.82) is 0 Å². The molecule has 2 aliphatic carbocycles. The molecule has 5 nitrogen and oxygen atoms in total. The van der Waals surface area contributed by atoms with E-state index in [9.17, 15) is 14.3 Å². The van der Waals surface area contributed by atoms with E-state index in [0.29, 0.717) is 24.1 Å². The van der Waals surface area contributed by atoms with Gasteiger partial charge in [0.1, 0.15) is 11.6 Å². The fraction of sp³-hybridized carbons (Fsp3) is 0.297. The van der Waals surface area contributed by atoms with Gasteiger partial charge < -0.3 is 9.67 Å². The predicted molar refractivity (Wildman–Crippen MR) is 173 cm³/mol. The molecule has 1 saturated heterocycles. The van der Waals surface area contributed by atoms with Crippen LogP contribution in [0.25, 0.3) is 11.0 Å². The van der Waals surface area contributed by atoms with Gasteiger partial charge in [0.2, 0.25) is 0 Å². The molecule has 3 aromatic carbocycles. The van der Waals surface area contributed by atoms with Gasteiger partial charge in [-0.2, -0.15) is 0 Å². The standard InChI is InChI=1S/C37H35ClFN3O2/c1-23-2-4-24(5-3-23)35(25-8-12-30(38)13-9-25)27-11-15-33-34(21-27)42(36(40-33)26-6-7-26)31-16-18-41(19-17-31)22-29-20-28(37(43)44)10-14-32(29)39/h2,4-5,8-15,20-21,26,31,35H,1,3,6-7,16-19,22H2,(H,43,44). The van der Waals surface area contributed by atoms with Crippen LogP contribution in [0.15, 0.2) is 96.6 Å². The highest BCUT2D eigenvalue weighted by Crippen LogP contribution is 2.44. The maximum absolute atomic E-state index is 14.6. The van der Waals surface area contributed by atoms with Gasteiger partial charge in [0, 0.05) is 48.1 Å². The first-order chi connectivity index (χ1) is 21.3. The highest BCUT2D eigenvalue weighted by atomic mass is 35.5. The molecule has 4 aromatic rings. The molecule has 0 bridgehead atoms. The van der Waals surface area contributed by atoms with E-state index in [1.54, 1.807) is 0 Å². The van der Waals surface area contributed by atoms with E-state index >= 15 is 0 Å². The molecule has 1 aliphatic heterocycles. The molecule has 7 heteroatoms. The van der Waals surface area contributed by atoms with E-state index in [1.807, 2.05) is 12.1 Å². The Labute approximate surface area is 262 Å². The van der Waals surface area contributed by atoms with Gasteiger partial charge in [0.05, 0.1) is 16.6 Å². The highest BCUT2D eigenvalue weighted by molar-refractivity contribution is 6.30. The molecule has 1 saturated carbocycles. The summed E-state index contributed by atoms with van der Waals surface area (Å²) >= 11 is 6.28. The molecule has 0 amide bonds. The average Bonchev–Trinajstić information content (AvgIpc) is 3.81. The number of nitrogens with zero attached hydrogens (tertiary/aromatic N) is 3. The number of rotatable bonds is 8. The molecule has 7 rings (SSSR count). The van der Waals surface area contributed by atoms with Crippen LogP contribution in [0, 0.1) is 5.82 Å². The molecule has 0 radical (unpaired) electrons. The smallest absolute Gasteiger partial charge is 0.335 e. The molecule has 1 unspecified atom stereocenters. The van der Waals surface area contributed by atoms with Crippen molar-refractivity contribution in [2.45, 2.75) is 56.5 Å². The van der Waals surface area contributed by atoms with Gasteiger partial charge in [-0.1, -0.05) is 60.2 Å². The summed E-state index contributed by atoms with van der Waals surface area (Å²) in [4.78, 5) is 18.8. The second kappa shape index (κ2) is 11.8. The van der Waals surface area contributed by atoms with Crippen molar-refractivity contribution in [3.8, 4) is 0 Å². The summed E-state index contributed by atoms with van der Waals surface area (Å²) in [7, 11) is 0. The van der Waals surface area contributed by atoms with Gasteiger partial charge in [0.15, 0.2) is 0 Å². The van der Waals surface area contributed by atoms with Crippen molar-refractivity contribution in [1.82, 2.24) is 14.5 Å². The molecule has 44 heavy (non-hydrogen) atoms. The van der Waals surface area contributed by atoms with E-state index in [2.05, 4.69) is 64.6 Å². The van der Waals surface area contributed by atoms with Crippen LogP contribution in [0.5, 0.6) is 0 Å². The van der Waals surface area contributed by atoms with Crippen LogP contribution < -0.4 is 0 Å². The zero-order valence-electron chi connectivity index (χ0n) is 24.6. The maximum Gasteiger partial charge on any atom is 0.335 e. The minimum Gasteiger partial charge on any atom is -0.478 e. The van der Waals surface area contributed by atoms with E-state index < -0.39 is 5.97 Å². The monoisotopic (exact) mass is 607 g/mol. The number of aromatic carboxylic acids is 1. The Morgan fingerprint density at radius 3 is 2.43 bits per heavy atom. The first-order valence-corrected chi connectivity index (χ1v) is 15.8. The topological polar surface area (TPSA) is 58.4 Å². The molecule has 1 N–H and O–H groups in total. The minimum absolute atomic E-state index is 0.0621. The average molecular weight is 608 g/mol. The van der Waals surface area contributed by atoms with E-state index in [4.69, 9.17) is 16.6 Å². The Hall–Kier alpha value is -4.00. The zero-order valence-corrected chi connectivity index (χ0v) is 25.3. The molecule has 1 atom stereocenters. The number of benzene rings is 3. The lowest BCUT2D eigenvalue weighted by Crippen LogP contribution is -2.34. The number of hydrogen-bond acceptors (Lipinski definition) is 3. The Bertz CT molecular complexity index is 1810.